The molecule has 0 fully saturated rings. The number of aromatic nitrogens is 1. The maximum atomic E-state index is 13.1. The summed E-state index contributed by atoms with van der Waals surface area (Å²) in [6.07, 6.45) is 2.02. The van der Waals surface area contributed by atoms with E-state index in [0.29, 0.717) is 12.2 Å². The van der Waals surface area contributed by atoms with Crippen molar-refractivity contribution in [3.63, 3.8) is 0 Å². The number of hydrogen-bond acceptors (Lipinski definition) is 1. The summed E-state index contributed by atoms with van der Waals surface area (Å²) in [5.74, 6) is -0.326. The Bertz CT molecular complexity index is 917. The summed E-state index contributed by atoms with van der Waals surface area (Å²) in [6, 6.07) is 17.6. The number of anilines is 1. The minimum atomic E-state index is -0.326. The van der Waals surface area contributed by atoms with E-state index in [0.717, 1.165) is 16.9 Å². The van der Waals surface area contributed by atoms with Crippen molar-refractivity contribution in [3.8, 4) is 5.69 Å². The fourth-order valence-electron chi connectivity index (χ4n) is 3.29. The molecule has 4 rings (SSSR count). The molecule has 1 aliphatic heterocycles. The molecular formula is C20H18FN3O. The Hall–Kier alpha value is -3.08. The quantitative estimate of drug-likeness (QED) is 0.686. The third kappa shape index (κ3) is 2.78. The fourth-order valence-corrected chi connectivity index (χ4v) is 3.29. The number of benzene rings is 2. The normalized spacial score (nSPS) is 15.9. The molecule has 126 valence electrons. The van der Waals surface area contributed by atoms with Crippen molar-refractivity contribution in [1.82, 2.24) is 9.47 Å². The van der Waals surface area contributed by atoms with E-state index in [1.165, 1.54) is 12.1 Å². The number of para-hydroxylation sites is 1. The first-order valence-electron chi connectivity index (χ1n) is 8.22. The van der Waals surface area contributed by atoms with Gasteiger partial charge < -0.3 is 14.8 Å². The topological polar surface area (TPSA) is 37.3 Å². The first-order chi connectivity index (χ1) is 12.1. The number of carbonyl (C=O) groups is 1. The number of nitrogens with one attached hydrogen (secondary N) is 1. The van der Waals surface area contributed by atoms with E-state index >= 15 is 0 Å². The summed E-state index contributed by atoms with van der Waals surface area (Å²) in [6.45, 7) is 2.52. The van der Waals surface area contributed by atoms with Crippen molar-refractivity contribution in [2.45, 2.75) is 19.5 Å². The summed E-state index contributed by atoms with van der Waals surface area (Å²) >= 11 is 0. The predicted octanol–water partition coefficient (Wildman–Crippen LogP) is 4.73. The van der Waals surface area contributed by atoms with Gasteiger partial charge in [0.2, 0.25) is 0 Å². The Labute approximate surface area is 145 Å². The van der Waals surface area contributed by atoms with Crippen LogP contribution < -0.4 is 5.32 Å². The van der Waals surface area contributed by atoms with E-state index < -0.39 is 0 Å². The van der Waals surface area contributed by atoms with Crippen LogP contribution in [0, 0.1) is 5.82 Å². The van der Waals surface area contributed by atoms with Crippen molar-refractivity contribution in [3.05, 3.63) is 83.9 Å². The number of carbonyl (C=O) groups excluding carboxylic acids is 1. The summed E-state index contributed by atoms with van der Waals surface area (Å²) < 4.78 is 15.2. The van der Waals surface area contributed by atoms with Crippen molar-refractivity contribution in [2.75, 3.05) is 5.32 Å². The molecule has 0 saturated heterocycles. The molecule has 2 amide bonds. The number of fused-ring (bicyclic) bond motifs is 3. The Morgan fingerprint density at radius 1 is 1.08 bits per heavy atom. The van der Waals surface area contributed by atoms with Gasteiger partial charge in [0.15, 0.2) is 0 Å². The zero-order chi connectivity index (χ0) is 17.4. The first-order valence-corrected chi connectivity index (χ1v) is 8.22. The number of hydrogen-bond donors (Lipinski definition) is 1. The van der Waals surface area contributed by atoms with Crippen LogP contribution in [0.1, 0.15) is 24.2 Å². The lowest BCUT2D eigenvalue weighted by Crippen LogP contribution is -2.36. The van der Waals surface area contributed by atoms with Crippen molar-refractivity contribution in [1.29, 1.82) is 0 Å². The highest BCUT2D eigenvalue weighted by Crippen LogP contribution is 2.32. The van der Waals surface area contributed by atoms with Crippen molar-refractivity contribution >= 4 is 11.7 Å². The zero-order valence-corrected chi connectivity index (χ0v) is 13.8. The molecular weight excluding hydrogens is 317 g/mol. The Balaban J connectivity index is 1.68. The molecule has 3 aromatic rings. The molecule has 2 heterocycles. The standard InChI is InChI=1S/C20H18FN3O/c1-14-18-7-4-12-23(18)19-6-3-2-5-15(19)13-24(14)20(25)22-17-10-8-16(21)9-11-17/h2-12,14H,13H2,1H3,(H,22,25)/t14-/m1/s1. The van der Waals surface area contributed by atoms with Crippen LogP contribution in [0.15, 0.2) is 66.9 Å². The van der Waals surface area contributed by atoms with Gasteiger partial charge in [0, 0.05) is 17.6 Å². The highest BCUT2D eigenvalue weighted by molar-refractivity contribution is 5.89. The van der Waals surface area contributed by atoms with Crippen LogP contribution >= 0.6 is 0 Å². The van der Waals surface area contributed by atoms with E-state index in [2.05, 4.69) is 16.0 Å². The zero-order valence-electron chi connectivity index (χ0n) is 13.8. The van der Waals surface area contributed by atoms with Crippen molar-refractivity contribution in [2.24, 2.45) is 0 Å². The van der Waals surface area contributed by atoms with E-state index in [1.807, 2.05) is 43.5 Å². The number of nitrogens with zero attached hydrogens (tertiary/aromatic N) is 2. The first kappa shape index (κ1) is 15.4. The van der Waals surface area contributed by atoms with Gasteiger partial charge in [-0.2, -0.15) is 0 Å². The number of amides is 2. The predicted molar refractivity (Wildman–Crippen MR) is 95.1 cm³/mol. The number of urea groups is 1. The van der Waals surface area contributed by atoms with Crippen LogP contribution in [0.4, 0.5) is 14.9 Å². The summed E-state index contributed by atoms with van der Waals surface area (Å²) in [5, 5.41) is 2.86. The number of halogens is 1. The van der Waals surface area contributed by atoms with E-state index in [1.54, 1.807) is 17.0 Å². The highest BCUT2D eigenvalue weighted by atomic mass is 19.1. The lowest BCUT2D eigenvalue weighted by Gasteiger charge is -2.27. The second-order valence-electron chi connectivity index (χ2n) is 6.17. The maximum absolute atomic E-state index is 13.1. The molecule has 1 aromatic heterocycles. The van der Waals surface area contributed by atoms with Gasteiger partial charge in [0.25, 0.3) is 0 Å². The number of rotatable bonds is 1. The van der Waals surface area contributed by atoms with Gasteiger partial charge in [-0.15, -0.1) is 0 Å². The third-order valence-corrected chi connectivity index (χ3v) is 4.62. The molecule has 25 heavy (non-hydrogen) atoms. The van der Waals surface area contributed by atoms with Gasteiger partial charge in [-0.25, -0.2) is 9.18 Å². The largest absolute Gasteiger partial charge is 0.322 e. The van der Waals surface area contributed by atoms with E-state index in [-0.39, 0.29) is 17.9 Å². The van der Waals surface area contributed by atoms with Crippen LogP contribution in [0.25, 0.3) is 5.69 Å². The monoisotopic (exact) mass is 335 g/mol. The second-order valence-corrected chi connectivity index (χ2v) is 6.17. The highest BCUT2D eigenvalue weighted by Gasteiger charge is 2.28. The molecule has 0 radical (unpaired) electrons. The van der Waals surface area contributed by atoms with Crippen LogP contribution in [0.2, 0.25) is 0 Å². The van der Waals surface area contributed by atoms with Gasteiger partial charge in [-0.3, -0.25) is 0 Å². The van der Waals surface area contributed by atoms with Gasteiger partial charge in [0.05, 0.1) is 18.3 Å². The molecule has 0 saturated carbocycles. The maximum Gasteiger partial charge on any atom is 0.322 e. The molecule has 1 atom stereocenters. The molecule has 0 spiro atoms. The van der Waals surface area contributed by atoms with Crippen LogP contribution in [0.5, 0.6) is 0 Å². The molecule has 0 unspecified atom stereocenters. The smallest absolute Gasteiger partial charge is 0.318 e. The van der Waals surface area contributed by atoms with Crippen LogP contribution in [-0.4, -0.2) is 15.5 Å². The second kappa shape index (κ2) is 6.09. The Kier molecular flexibility index (Phi) is 3.76. The average molecular weight is 335 g/mol. The molecule has 5 heteroatoms. The summed E-state index contributed by atoms with van der Waals surface area (Å²) in [4.78, 5) is 14.7. The summed E-state index contributed by atoms with van der Waals surface area (Å²) in [7, 11) is 0. The van der Waals surface area contributed by atoms with E-state index in [9.17, 15) is 9.18 Å². The molecule has 0 aliphatic carbocycles. The van der Waals surface area contributed by atoms with Gasteiger partial charge in [-0.05, 0) is 55.0 Å². The van der Waals surface area contributed by atoms with Gasteiger partial charge in [0.1, 0.15) is 5.82 Å². The van der Waals surface area contributed by atoms with Gasteiger partial charge in [-0.1, -0.05) is 18.2 Å². The van der Waals surface area contributed by atoms with Crippen molar-refractivity contribution < 1.29 is 9.18 Å². The molecule has 0 bridgehead atoms. The lowest BCUT2D eigenvalue weighted by atomic mass is 10.1. The van der Waals surface area contributed by atoms with Gasteiger partial charge >= 0.3 is 6.03 Å². The Morgan fingerprint density at radius 3 is 2.64 bits per heavy atom. The minimum absolute atomic E-state index is 0.0946. The minimum Gasteiger partial charge on any atom is -0.318 e. The van der Waals surface area contributed by atoms with Crippen LogP contribution in [0.3, 0.4) is 0 Å². The molecule has 1 aliphatic rings. The SMILES string of the molecule is C[C@@H]1c2cccn2-c2ccccc2CN1C(=O)Nc1ccc(F)cc1. The molecule has 2 aromatic carbocycles. The fraction of sp³-hybridized carbons (Fsp3) is 0.150. The van der Waals surface area contributed by atoms with Crippen LogP contribution in [-0.2, 0) is 6.54 Å². The third-order valence-electron chi connectivity index (χ3n) is 4.62. The molecule has 4 nitrogen and oxygen atoms in total. The Morgan fingerprint density at radius 2 is 1.84 bits per heavy atom. The average Bonchev–Trinajstić information content (AvgIpc) is 3.07. The lowest BCUT2D eigenvalue weighted by molar-refractivity contribution is 0.189. The van der Waals surface area contributed by atoms with E-state index in [4.69, 9.17) is 0 Å². The summed E-state index contributed by atoms with van der Waals surface area (Å²) in [5.41, 5.74) is 3.80. The molecule has 1 N–H and O–H groups in total.